The highest BCUT2D eigenvalue weighted by Crippen LogP contribution is 2.09. The molecule has 0 aliphatic rings. The Morgan fingerprint density at radius 3 is 3.00 bits per heavy atom. The summed E-state index contributed by atoms with van der Waals surface area (Å²) in [6.07, 6.45) is 3.56. The van der Waals surface area contributed by atoms with E-state index in [0.717, 1.165) is 4.47 Å². The van der Waals surface area contributed by atoms with E-state index in [1.807, 2.05) is 0 Å². The molecule has 0 saturated heterocycles. The summed E-state index contributed by atoms with van der Waals surface area (Å²) in [5.74, 6) is -0.227. The third-order valence-electron chi connectivity index (χ3n) is 2.15. The van der Waals surface area contributed by atoms with Crippen molar-refractivity contribution in [3.05, 3.63) is 28.5 Å². The number of rotatable bonds is 6. The van der Waals surface area contributed by atoms with E-state index in [9.17, 15) is 4.79 Å². The van der Waals surface area contributed by atoms with Gasteiger partial charge in [-0.1, -0.05) is 0 Å². The lowest BCUT2D eigenvalue weighted by Crippen LogP contribution is -2.38. The van der Waals surface area contributed by atoms with Crippen LogP contribution in [0.15, 0.2) is 22.9 Å². The standard InChI is InChI=1S/C11H15BrN2O3/c1-17-7-10(2-3-15)14-11(16)8-4-9(12)6-13-5-8/h4-6,10,15H,2-3,7H2,1H3,(H,14,16). The second-order valence-electron chi connectivity index (χ2n) is 3.53. The number of hydrogen-bond donors (Lipinski definition) is 2. The fourth-order valence-corrected chi connectivity index (χ4v) is 1.72. The summed E-state index contributed by atoms with van der Waals surface area (Å²) in [5.41, 5.74) is 0.471. The molecule has 17 heavy (non-hydrogen) atoms. The summed E-state index contributed by atoms with van der Waals surface area (Å²) in [6, 6.07) is 1.49. The van der Waals surface area contributed by atoms with Crippen LogP contribution in [0.3, 0.4) is 0 Å². The number of aliphatic hydroxyl groups excluding tert-OH is 1. The third-order valence-corrected chi connectivity index (χ3v) is 2.58. The van der Waals surface area contributed by atoms with E-state index in [-0.39, 0.29) is 18.6 Å². The third kappa shape index (κ3) is 4.80. The Bertz CT molecular complexity index is 367. The normalized spacial score (nSPS) is 12.2. The van der Waals surface area contributed by atoms with Gasteiger partial charge in [-0.15, -0.1) is 0 Å². The molecule has 5 nitrogen and oxygen atoms in total. The fourth-order valence-electron chi connectivity index (χ4n) is 1.36. The molecule has 1 rings (SSSR count). The number of pyridine rings is 1. The van der Waals surface area contributed by atoms with Crippen molar-refractivity contribution < 1.29 is 14.6 Å². The Kier molecular flexibility index (Phi) is 6.10. The Morgan fingerprint density at radius 1 is 1.65 bits per heavy atom. The topological polar surface area (TPSA) is 71.5 Å². The van der Waals surface area contributed by atoms with Crippen LogP contribution < -0.4 is 5.32 Å². The van der Waals surface area contributed by atoms with Crippen LogP contribution in [-0.2, 0) is 4.74 Å². The highest BCUT2D eigenvalue weighted by atomic mass is 79.9. The number of nitrogens with zero attached hydrogens (tertiary/aromatic N) is 1. The molecule has 1 aromatic heterocycles. The zero-order chi connectivity index (χ0) is 12.7. The molecule has 1 aromatic rings. The van der Waals surface area contributed by atoms with Crippen molar-refractivity contribution in [1.29, 1.82) is 0 Å². The first-order chi connectivity index (χ1) is 8.17. The first-order valence-corrected chi connectivity index (χ1v) is 5.98. The number of amides is 1. The van der Waals surface area contributed by atoms with E-state index in [1.165, 1.54) is 6.20 Å². The number of aromatic nitrogens is 1. The molecular weight excluding hydrogens is 288 g/mol. The van der Waals surface area contributed by atoms with E-state index in [1.54, 1.807) is 19.4 Å². The molecule has 6 heteroatoms. The van der Waals surface area contributed by atoms with Crippen LogP contribution in [0.4, 0.5) is 0 Å². The molecule has 0 spiro atoms. The zero-order valence-electron chi connectivity index (χ0n) is 9.52. The molecule has 1 unspecified atom stereocenters. The van der Waals surface area contributed by atoms with Crippen LogP contribution >= 0.6 is 15.9 Å². The molecule has 0 fully saturated rings. The summed E-state index contributed by atoms with van der Waals surface area (Å²) >= 11 is 3.25. The summed E-state index contributed by atoms with van der Waals surface area (Å²) in [7, 11) is 1.55. The summed E-state index contributed by atoms with van der Waals surface area (Å²) in [6.45, 7) is 0.374. The van der Waals surface area contributed by atoms with Crippen LogP contribution in [0.25, 0.3) is 0 Å². The molecule has 94 valence electrons. The van der Waals surface area contributed by atoms with Gasteiger partial charge in [-0.2, -0.15) is 0 Å². The molecule has 0 radical (unpaired) electrons. The van der Waals surface area contributed by atoms with E-state index < -0.39 is 0 Å². The lowest BCUT2D eigenvalue weighted by molar-refractivity contribution is 0.0878. The number of halogens is 1. The summed E-state index contributed by atoms with van der Waals surface area (Å²) < 4.78 is 5.71. The lowest BCUT2D eigenvalue weighted by atomic mass is 10.2. The van der Waals surface area contributed by atoms with Crippen LogP contribution in [0.5, 0.6) is 0 Å². The van der Waals surface area contributed by atoms with Gasteiger partial charge in [-0.05, 0) is 28.4 Å². The number of carbonyl (C=O) groups excluding carboxylic acids is 1. The fraction of sp³-hybridized carbons (Fsp3) is 0.455. The van der Waals surface area contributed by atoms with Crippen molar-refractivity contribution in [3.63, 3.8) is 0 Å². The molecule has 2 N–H and O–H groups in total. The van der Waals surface area contributed by atoms with Crippen LogP contribution in [0.2, 0.25) is 0 Å². The first-order valence-electron chi connectivity index (χ1n) is 5.18. The number of ether oxygens (including phenoxy) is 1. The highest BCUT2D eigenvalue weighted by Gasteiger charge is 2.13. The van der Waals surface area contributed by atoms with Crippen LogP contribution in [0.1, 0.15) is 16.8 Å². The van der Waals surface area contributed by atoms with Gasteiger partial charge in [0.25, 0.3) is 5.91 Å². The van der Waals surface area contributed by atoms with E-state index in [4.69, 9.17) is 9.84 Å². The maximum absolute atomic E-state index is 11.8. The largest absolute Gasteiger partial charge is 0.396 e. The number of carbonyl (C=O) groups is 1. The van der Waals surface area contributed by atoms with Gasteiger partial charge in [0.05, 0.1) is 18.2 Å². The van der Waals surface area contributed by atoms with Crippen molar-refractivity contribution in [3.8, 4) is 0 Å². The van der Waals surface area contributed by atoms with Gasteiger partial charge in [-0.3, -0.25) is 9.78 Å². The average molecular weight is 303 g/mol. The van der Waals surface area contributed by atoms with Crippen LogP contribution in [0, 0.1) is 0 Å². The minimum Gasteiger partial charge on any atom is -0.396 e. The Labute approximate surface area is 108 Å². The van der Waals surface area contributed by atoms with Gasteiger partial charge in [-0.25, -0.2) is 0 Å². The van der Waals surface area contributed by atoms with Crippen molar-refractivity contribution >= 4 is 21.8 Å². The maximum atomic E-state index is 11.8. The minimum atomic E-state index is -0.227. The number of hydrogen-bond acceptors (Lipinski definition) is 4. The number of methoxy groups -OCH3 is 1. The van der Waals surface area contributed by atoms with E-state index >= 15 is 0 Å². The Morgan fingerprint density at radius 2 is 2.41 bits per heavy atom. The first kappa shape index (κ1) is 14.1. The molecule has 0 aliphatic carbocycles. The van der Waals surface area contributed by atoms with Crippen molar-refractivity contribution in [1.82, 2.24) is 10.3 Å². The quantitative estimate of drug-likeness (QED) is 0.821. The minimum absolute atomic E-state index is 0.00500. The van der Waals surface area contributed by atoms with E-state index in [2.05, 4.69) is 26.2 Å². The van der Waals surface area contributed by atoms with E-state index in [0.29, 0.717) is 18.6 Å². The molecule has 1 heterocycles. The van der Waals surface area contributed by atoms with Gasteiger partial charge in [0, 0.05) is 30.6 Å². The van der Waals surface area contributed by atoms with Crippen molar-refractivity contribution in [2.45, 2.75) is 12.5 Å². The second kappa shape index (κ2) is 7.37. The molecule has 1 atom stereocenters. The van der Waals surface area contributed by atoms with Crippen LogP contribution in [-0.4, -0.2) is 42.4 Å². The summed E-state index contributed by atoms with van der Waals surface area (Å²) in [4.78, 5) is 15.8. The lowest BCUT2D eigenvalue weighted by Gasteiger charge is -2.16. The molecule has 0 bridgehead atoms. The van der Waals surface area contributed by atoms with Crippen molar-refractivity contribution in [2.24, 2.45) is 0 Å². The number of aliphatic hydroxyl groups is 1. The maximum Gasteiger partial charge on any atom is 0.253 e. The Balaban J connectivity index is 2.63. The van der Waals surface area contributed by atoms with Gasteiger partial charge in [0.15, 0.2) is 0 Å². The summed E-state index contributed by atoms with van der Waals surface area (Å²) in [5, 5.41) is 11.6. The zero-order valence-corrected chi connectivity index (χ0v) is 11.1. The Hall–Kier alpha value is -0.980. The predicted molar refractivity (Wildman–Crippen MR) is 66.8 cm³/mol. The molecule has 0 aromatic carbocycles. The molecule has 0 saturated carbocycles. The molecule has 1 amide bonds. The molecule has 0 aliphatic heterocycles. The van der Waals surface area contributed by atoms with Gasteiger partial charge >= 0.3 is 0 Å². The predicted octanol–water partition coefficient (Wildman–Crippen LogP) is 0.971. The smallest absolute Gasteiger partial charge is 0.253 e. The highest BCUT2D eigenvalue weighted by molar-refractivity contribution is 9.10. The van der Waals surface area contributed by atoms with Gasteiger partial charge in [0.1, 0.15) is 0 Å². The van der Waals surface area contributed by atoms with Crippen molar-refractivity contribution in [2.75, 3.05) is 20.3 Å². The van der Waals surface area contributed by atoms with Gasteiger partial charge < -0.3 is 15.2 Å². The monoisotopic (exact) mass is 302 g/mol. The SMILES string of the molecule is COCC(CCO)NC(=O)c1cncc(Br)c1. The van der Waals surface area contributed by atoms with Gasteiger partial charge in [0.2, 0.25) is 0 Å². The molecular formula is C11H15BrN2O3. The number of nitrogens with one attached hydrogen (secondary N) is 1. The second-order valence-corrected chi connectivity index (χ2v) is 4.45. The average Bonchev–Trinajstić information content (AvgIpc) is 2.29.